The Kier molecular flexibility index (Phi) is 6.95. The first-order valence-electron chi connectivity index (χ1n) is 9.20. The number of ether oxygens (including phenoxy) is 3. The molecule has 0 fully saturated rings. The van der Waals surface area contributed by atoms with Crippen LogP contribution in [-0.2, 0) is 21.6 Å². The lowest BCUT2D eigenvalue weighted by Gasteiger charge is -2.36. The second-order valence-electron chi connectivity index (χ2n) is 6.83. The van der Waals surface area contributed by atoms with Crippen LogP contribution in [0.5, 0.6) is 11.6 Å². The van der Waals surface area contributed by atoms with Gasteiger partial charge in [0.25, 0.3) is 0 Å². The van der Waals surface area contributed by atoms with E-state index < -0.39 is 11.6 Å². The van der Waals surface area contributed by atoms with Gasteiger partial charge in [-0.2, -0.15) is 0 Å². The molecule has 3 rings (SSSR count). The summed E-state index contributed by atoms with van der Waals surface area (Å²) in [5.41, 5.74) is 1.76. The molecule has 0 saturated heterocycles. The molecule has 8 heteroatoms. The zero-order chi connectivity index (χ0) is 21.9. The largest absolute Gasteiger partial charge is 0.496 e. The summed E-state index contributed by atoms with van der Waals surface area (Å²) in [4.78, 5) is 21.2. The molecule has 30 heavy (non-hydrogen) atoms. The van der Waals surface area contributed by atoms with Crippen molar-refractivity contribution in [3.05, 3.63) is 62.2 Å². The number of halogens is 2. The fraction of sp³-hybridized carbons (Fsp3) is 0.318. The molecule has 0 saturated carbocycles. The lowest BCUT2D eigenvalue weighted by Crippen LogP contribution is -2.45. The Bertz CT molecular complexity index is 1020. The average Bonchev–Trinajstić information content (AvgIpc) is 2.76. The van der Waals surface area contributed by atoms with E-state index in [1.807, 2.05) is 19.1 Å². The molecule has 2 atom stereocenters. The molecule has 1 aromatic heterocycles. The van der Waals surface area contributed by atoms with Crippen LogP contribution < -0.4 is 9.47 Å². The predicted octanol–water partition coefficient (Wildman–Crippen LogP) is 4.75. The summed E-state index contributed by atoms with van der Waals surface area (Å²) in [6, 6.07) is 9.06. The quantitative estimate of drug-likeness (QED) is 0.521. The highest BCUT2D eigenvalue weighted by atomic mass is 79.9. The zero-order valence-corrected chi connectivity index (χ0v) is 19.5. The Morgan fingerprint density at radius 2 is 2.00 bits per heavy atom. The summed E-state index contributed by atoms with van der Waals surface area (Å²) in [6.45, 7) is 4.01. The molecule has 1 aliphatic heterocycles. The number of hydrogen-bond donors (Lipinski definition) is 0. The molecule has 0 N–H and O–H groups in total. The van der Waals surface area contributed by atoms with Crippen molar-refractivity contribution in [3.8, 4) is 11.6 Å². The van der Waals surface area contributed by atoms with Crippen molar-refractivity contribution in [3.63, 3.8) is 0 Å². The number of pyridine rings is 1. The molecule has 2 unspecified atom stereocenters. The van der Waals surface area contributed by atoms with Gasteiger partial charge in [-0.15, -0.1) is 0 Å². The maximum atomic E-state index is 12.3. The van der Waals surface area contributed by atoms with Gasteiger partial charge in [-0.1, -0.05) is 33.6 Å². The molecule has 0 amide bonds. The van der Waals surface area contributed by atoms with E-state index in [1.165, 1.54) is 13.3 Å². The molecule has 0 bridgehead atoms. The standard InChI is InChI=1S/C22H22BrClN2O4/c1-13-15(18(28-3)9-8-16(13)23)11-30-20-7-5-6-19(26-20)22(12-27)14(2)17(24)10-25-21(22)29-4/h5-10,12,21H,11H2,1-4H3. The minimum absolute atomic E-state index is 0.250. The first-order valence-corrected chi connectivity index (χ1v) is 10.4. The van der Waals surface area contributed by atoms with Crippen LogP contribution in [-0.4, -0.2) is 37.9 Å². The Labute approximate surface area is 189 Å². The molecular weight excluding hydrogens is 472 g/mol. The van der Waals surface area contributed by atoms with E-state index in [9.17, 15) is 4.79 Å². The van der Waals surface area contributed by atoms with Crippen molar-refractivity contribution >= 4 is 40.0 Å². The monoisotopic (exact) mass is 492 g/mol. The van der Waals surface area contributed by atoms with Gasteiger partial charge in [-0.25, -0.2) is 4.98 Å². The van der Waals surface area contributed by atoms with Gasteiger partial charge in [0, 0.05) is 29.4 Å². The molecule has 0 aliphatic carbocycles. The molecule has 1 aliphatic rings. The van der Waals surface area contributed by atoms with Gasteiger partial charge in [0.05, 0.1) is 17.8 Å². The highest BCUT2D eigenvalue weighted by Gasteiger charge is 2.47. The predicted molar refractivity (Wildman–Crippen MR) is 120 cm³/mol. The maximum Gasteiger partial charge on any atom is 0.213 e. The number of aldehydes is 1. The van der Waals surface area contributed by atoms with Crippen LogP contribution in [0, 0.1) is 6.92 Å². The summed E-state index contributed by atoms with van der Waals surface area (Å²) in [6.07, 6.45) is 1.51. The van der Waals surface area contributed by atoms with Gasteiger partial charge < -0.3 is 19.0 Å². The lowest BCUT2D eigenvalue weighted by atomic mass is 9.75. The van der Waals surface area contributed by atoms with Gasteiger partial charge in [0.15, 0.2) is 6.23 Å². The number of allylic oxidation sites excluding steroid dienone is 1. The number of nitrogens with zero attached hydrogens (tertiary/aromatic N) is 2. The summed E-state index contributed by atoms with van der Waals surface area (Å²) >= 11 is 9.82. The minimum atomic E-state index is -1.23. The number of carbonyl (C=O) groups excluding carboxylic acids is 1. The second-order valence-corrected chi connectivity index (χ2v) is 8.09. The highest BCUT2D eigenvalue weighted by Crippen LogP contribution is 2.40. The van der Waals surface area contributed by atoms with E-state index in [4.69, 9.17) is 25.8 Å². The average molecular weight is 494 g/mol. The first kappa shape index (κ1) is 22.5. The summed E-state index contributed by atoms with van der Waals surface area (Å²) in [5.74, 6) is 1.09. The number of aliphatic imine (C=N–C) groups is 1. The van der Waals surface area contributed by atoms with Gasteiger partial charge in [-0.05, 0) is 43.2 Å². The summed E-state index contributed by atoms with van der Waals surface area (Å²) in [7, 11) is 3.11. The smallest absolute Gasteiger partial charge is 0.213 e. The lowest BCUT2D eigenvalue weighted by molar-refractivity contribution is -0.115. The molecule has 1 aromatic carbocycles. The van der Waals surface area contributed by atoms with Crippen LogP contribution in [0.2, 0.25) is 0 Å². The molecular formula is C22H22BrClN2O4. The SMILES string of the molecule is COc1ccc(Br)c(C)c1COc1cccc(C2(C=O)C(C)=C(Cl)C=NC2OC)n1. The second kappa shape index (κ2) is 9.29. The van der Waals surface area contributed by atoms with Crippen molar-refractivity contribution in [2.75, 3.05) is 14.2 Å². The number of methoxy groups -OCH3 is 2. The number of dihydropyridines is 1. The van der Waals surface area contributed by atoms with Crippen LogP contribution >= 0.6 is 27.5 Å². The Morgan fingerprint density at radius 3 is 2.67 bits per heavy atom. The van der Waals surface area contributed by atoms with E-state index in [1.54, 1.807) is 32.2 Å². The van der Waals surface area contributed by atoms with E-state index in [0.717, 1.165) is 27.6 Å². The first-order chi connectivity index (χ1) is 14.4. The fourth-order valence-corrected chi connectivity index (χ4v) is 4.03. The van der Waals surface area contributed by atoms with Crippen molar-refractivity contribution in [2.45, 2.75) is 32.1 Å². The third-order valence-corrected chi connectivity index (χ3v) is 6.56. The zero-order valence-electron chi connectivity index (χ0n) is 17.1. The van der Waals surface area contributed by atoms with Crippen LogP contribution in [0.1, 0.15) is 23.7 Å². The molecule has 158 valence electrons. The van der Waals surface area contributed by atoms with E-state index in [-0.39, 0.29) is 6.61 Å². The Balaban J connectivity index is 1.97. The topological polar surface area (TPSA) is 70.0 Å². The summed E-state index contributed by atoms with van der Waals surface area (Å²) < 4.78 is 17.9. The van der Waals surface area contributed by atoms with Gasteiger partial charge in [-0.3, -0.25) is 4.99 Å². The summed E-state index contributed by atoms with van der Waals surface area (Å²) in [5, 5.41) is 0.387. The van der Waals surface area contributed by atoms with Crippen molar-refractivity contribution in [1.29, 1.82) is 0 Å². The number of aromatic nitrogens is 1. The minimum Gasteiger partial charge on any atom is -0.496 e. The van der Waals surface area contributed by atoms with Crippen molar-refractivity contribution < 1.29 is 19.0 Å². The number of rotatable bonds is 7. The Hall–Kier alpha value is -2.22. The highest BCUT2D eigenvalue weighted by molar-refractivity contribution is 9.10. The number of carbonyl (C=O) groups is 1. The molecule has 2 aromatic rings. The molecule has 2 heterocycles. The van der Waals surface area contributed by atoms with Crippen LogP contribution in [0.3, 0.4) is 0 Å². The van der Waals surface area contributed by atoms with Crippen LogP contribution in [0.4, 0.5) is 0 Å². The van der Waals surface area contributed by atoms with Crippen molar-refractivity contribution in [2.24, 2.45) is 4.99 Å². The van der Waals surface area contributed by atoms with Crippen LogP contribution in [0.25, 0.3) is 0 Å². The van der Waals surface area contributed by atoms with E-state index >= 15 is 0 Å². The fourth-order valence-electron chi connectivity index (χ4n) is 3.45. The van der Waals surface area contributed by atoms with Gasteiger partial charge in [0.1, 0.15) is 24.1 Å². The molecule has 0 spiro atoms. The Morgan fingerprint density at radius 1 is 1.23 bits per heavy atom. The van der Waals surface area contributed by atoms with E-state index in [0.29, 0.717) is 22.2 Å². The normalized spacial score (nSPS) is 20.9. The number of hydrogen-bond acceptors (Lipinski definition) is 6. The van der Waals surface area contributed by atoms with E-state index in [2.05, 4.69) is 25.9 Å². The molecule has 6 nitrogen and oxygen atoms in total. The van der Waals surface area contributed by atoms with Gasteiger partial charge in [0.2, 0.25) is 5.88 Å². The number of benzene rings is 1. The third kappa shape index (κ3) is 3.89. The maximum absolute atomic E-state index is 12.3. The van der Waals surface area contributed by atoms with Crippen LogP contribution in [0.15, 0.2) is 50.4 Å². The third-order valence-electron chi connectivity index (χ3n) is 5.32. The molecule has 0 radical (unpaired) electrons. The van der Waals surface area contributed by atoms with Crippen molar-refractivity contribution in [1.82, 2.24) is 4.98 Å². The van der Waals surface area contributed by atoms with Gasteiger partial charge >= 0.3 is 0 Å².